The number of hydrogen-bond acceptors (Lipinski definition) is 4. The molecule has 1 aliphatic rings. The largest absolute Gasteiger partial charge is 0.493 e. The monoisotopic (exact) mass is 376 g/mol. The van der Waals surface area contributed by atoms with Gasteiger partial charge >= 0.3 is 0 Å². The first kappa shape index (κ1) is 21.1. The SMILES string of the molecule is CCC(CC)C(=O)NCC1CC(=O)N(CCc2ccc(OC)c(OC)c2)C1. The van der Waals surface area contributed by atoms with Gasteiger partial charge in [-0.25, -0.2) is 0 Å². The van der Waals surface area contributed by atoms with Gasteiger partial charge in [0.05, 0.1) is 14.2 Å². The fraction of sp³-hybridized carbons (Fsp3) is 0.619. The summed E-state index contributed by atoms with van der Waals surface area (Å²) in [5.74, 6) is 1.94. The number of likely N-dealkylation sites (tertiary alicyclic amines) is 1. The molecule has 0 radical (unpaired) electrons. The molecule has 0 saturated carbocycles. The van der Waals surface area contributed by atoms with Gasteiger partial charge in [-0.2, -0.15) is 0 Å². The van der Waals surface area contributed by atoms with Crippen molar-refractivity contribution in [3.63, 3.8) is 0 Å². The van der Waals surface area contributed by atoms with Crippen LogP contribution in [0.15, 0.2) is 18.2 Å². The van der Waals surface area contributed by atoms with Crippen LogP contribution in [0.3, 0.4) is 0 Å². The molecule has 0 spiro atoms. The summed E-state index contributed by atoms with van der Waals surface area (Å²) in [4.78, 5) is 26.3. The lowest BCUT2D eigenvalue weighted by molar-refractivity contribution is -0.128. The van der Waals surface area contributed by atoms with E-state index in [1.807, 2.05) is 36.9 Å². The van der Waals surface area contributed by atoms with Crippen molar-refractivity contribution in [2.45, 2.75) is 39.5 Å². The number of amides is 2. The highest BCUT2D eigenvalue weighted by Crippen LogP contribution is 2.28. The second-order valence-corrected chi connectivity index (χ2v) is 7.11. The van der Waals surface area contributed by atoms with Crippen molar-refractivity contribution in [3.8, 4) is 11.5 Å². The van der Waals surface area contributed by atoms with E-state index >= 15 is 0 Å². The Balaban J connectivity index is 1.83. The van der Waals surface area contributed by atoms with Crippen LogP contribution in [-0.4, -0.2) is 50.6 Å². The Hall–Kier alpha value is -2.24. The standard InChI is InChI=1S/C21H32N2O4/c1-5-17(6-2)21(25)22-13-16-12-20(24)23(14-16)10-9-15-7-8-18(26-3)19(11-15)27-4/h7-8,11,16-17H,5-6,9-10,12-14H2,1-4H3,(H,22,25). The Labute approximate surface area is 162 Å². The van der Waals surface area contributed by atoms with E-state index in [-0.39, 0.29) is 23.7 Å². The van der Waals surface area contributed by atoms with Gasteiger partial charge in [-0.3, -0.25) is 9.59 Å². The molecule has 1 aliphatic heterocycles. The topological polar surface area (TPSA) is 67.9 Å². The fourth-order valence-electron chi connectivity index (χ4n) is 3.56. The van der Waals surface area contributed by atoms with E-state index in [1.165, 1.54) is 0 Å². The Morgan fingerprint density at radius 2 is 1.93 bits per heavy atom. The number of hydrogen-bond donors (Lipinski definition) is 1. The van der Waals surface area contributed by atoms with Gasteiger partial charge in [0.1, 0.15) is 0 Å². The molecule has 1 aromatic carbocycles. The first-order chi connectivity index (χ1) is 13.0. The normalized spacial score (nSPS) is 16.7. The van der Waals surface area contributed by atoms with Gasteiger partial charge in [0.2, 0.25) is 11.8 Å². The zero-order valence-corrected chi connectivity index (χ0v) is 16.9. The Kier molecular flexibility index (Phi) is 7.95. The van der Waals surface area contributed by atoms with E-state index in [2.05, 4.69) is 5.32 Å². The van der Waals surface area contributed by atoms with Crippen LogP contribution in [0.2, 0.25) is 0 Å². The minimum atomic E-state index is 0.0725. The number of rotatable bonds is 10. The number of carbonyl (C=O) groups is 2. The van der Waals surface area contributed by atoms with Crippen LogP contribution in [0, 0.1) is 11.8 Å². The maximum atomic E-state index is 12.3. The summed E-state index contributed by atoms with van der Waals surface area (Å²) in [5, 5.41) is 3.02. The lowest BCUT2D eigenvalue weighted by Crippen LogP contribution is -2.35. The minimum absolute atomic E-state index is 0.0725. The number of carbonyl (C=O) groups excluding carboxylic acids is 2. The molecule has 1 aromatic rings. The summed E-state index contributed by atoms with van der Waals surface area (Å²) in [6.45, 7) is 6.01. The van der Waals surface area contributed by atoms with Crippen LogP contribution >= 0.6 is 0 Å². The molecular weight excluding hydrogens is 344 g/mol. The highest BCUT2D eigenvalue weighted by Gasteiger charge is 2.29. The smallest absolute Gasteiger partial charge is 0.223 e. The number of methoxy groups -OCH3 is 2. The third-order valence-electron chi connectivity index (χ3n) is 5.33. The lowest BCUT2D eigenvalue weighted by atomic mass is 10.0. The first-order valence-electron chi connectivity index (χ1n) is 9.78. The van der Waals surface area contributed by atoms with Crippen molar-refractivity contribution in [3.05, 3.63) is 23.8 Å². The van der Waals surface area contributed by atoms with Gasteiger partial charge < -0.3 is 19.7 Å². The average Bonchev–Trinajstić information content (AvgIpc) is 3.05. The van der Waals surface area contributed by atoms with Gasteiger partial charge in [-0.1, -0.05) is 19.9 Å². The van der Waals surface area contributed by atoms with Crippen LogP contribution in [0.25, 0.3) is 0 Å². The number of ether oxygens (including phenoxy) is 2. The van der Waals surface area contributed by atoms with Crippen LogP contribution < -0.4 is 14.8 Å². The summed E-state index contributed by atoms with van der Waals surface area (Å²) in [6, 6.07) is 5.83. The van der Waals surface area contributed by atoms with Crippen molar-refractivity contribution < 1.29 is 19.1 Å². The molecule has 27 heavy (non-hydrogen) atoms. The van der Waals surface area contributed by atoms with E-state index in [1.54, 1.807) is 14.2 Å². The Morgan fingerprint density at radius 3 is 2.56 bits per heavy atom. The molecule has 1 saturated heterocycles. The van der Waals surface area contributed by atoms with Gasteiger partial charge in [-0.05, 0) is 37.0 Å². The molecule has 0 bridgehead atoms. The van der Waals surface area contributed by atoms with Crippen molar-refractivity contribution >= 4 is 11.8 Å². The maximum absolute atomic E-state index is 12.3. The molecule has 0 aromatic heterocycles. The van der Waals surface area contributed by atoms with Crippen LogP contribution in [0.1, 0.15) is 38.7 Å². The molecule has 1 unspecified atom stereocenters. The third-order valence-corrected chi connectivity index (χ3v) is 5.33. The average molecular weight is 376 g/mol. The molecule has 6 nitrogen and oxygen atoms in total. The van der Waals surface area contributed by atoms with E-state index < -0.39 is 0 Å². The van der Waals surface area contributed by atoms with Crippen LogP contribution in [0.4, 0.5) is 0 Å². The fourth-order valence-corrected chi connectivity index (χ4v) is 3.56. The first-order valence-corrected chi connectivity index (χ1v) is 9.78. The quantitative estimate of drug-likeness (QED) is 0.682. The van der Waals surface area contributed by atoms with Crippen molar-refractivity contribution in [2.75, 3.05) is 33.9 Å². The number of benzene rings is 1. The zero-order chi connectivity index (χ0) is 19.8. The zero-order valence-electron chi connectivity index (χ0n) is 16.9. The molecule has 0 aliphatic carbocycles. The predicted molar refractivity (Wildman–Crippen MR) is 105 cm³/mol. The Morgan fingerprint density at radius 1 is 1.22 bits per heavy atom. The minimum Gasteiger partial charge on any atom is -0.493 e. The maximum Gasteiger partial charge on any atom is 0.223 e. The van der Waals surface area contributed by atoms with Crippen molar-refractivity contribution in [1.82, 2.24) is 10.2 Å². The molecule has 2 rings (SSSR count). The van der Waals surface area contributed by atoms with E-state index in [0.29, 0.717) is 37.6 Å². The van der Waals surface area contributed by atoms with Crippen LogP contribution in [0.5, 0.6) is 11.5 Å². The highest BCUT2D eigenvalue weighted by molar-refractivity contribution is 5.80. The summed E-state index contributed by atoms with van der Waals surface area (Å²) < 4.78 is 10.6. The summed E-state index contributed by atoms with van der Waals surface area (Å²) >= 11 is 0. The van der Waals surface area contributed by atoms with E-state index in [0.717, 1.165) is 24.8 Å². The molecule has 1 N–H and O–H groups in total. The molecule has 6 heteroatoms. The molecule has 2 amide bonds. The number of nitrogens with one attached hydrogen (secondary N) is 1. The Bertz CT molecular complexity index is 643. The van der Waals surface area contributed by atoms with Gasteiger partial charge in [0.25, 0.3) is 0 Å². The van der Waals surface area contributed by atoms with Gasteiger partial charge in [0.15, 0.2) is 11.5 Å². The second kappa shape index (κ2) is 10.2. The summed E-state index contributed by atoms with van der Waals surface area (Å²) in [5.41, 5.74) is 1.10. The van der Waals surface area contributed by atoms with E-state index in [9.17, 15) is 9.59 Å². The molecule has 1 atom stereocenters. The highest BCUT2D eigenvalue weighted by atomic mass is 16.5. The van der Waals surface area contributed by atoms with Gasteiger partial charge in [0, 0.05) is 37.9 Å². The second-order valence-electron chi connectivity index (χ2n) is 7.11. The predicted octanol–water partition coefficient (Wildman–Crippen LogP) is 2.65. The summed E-state index contributed by atoms with van der Waals surface area (Å²) in [6.07, 6.45) is 2.97. The molecular formula is C21H32N2O4. The lowest BCUT2D eigenvalue weighted by Gasteiger charge is -2.18. The molecule has 1 fully saturated rings. The molecule has 1 heterocycles. The molecule has 150 valence electrons. The number of nitrogens with zero attached hydrogens (tertiary/aromatic N) is 1. The summed E-state index contributed by atoms with van der Waals surface area (Å²) in [7, 11) is 3.23. The third kappa shape index (κ3) is 5.62. The van der Waals surface area contributed by atoms with Crippen molar-refractivity contribution in [2.24, 2.45) is 11.8 Å². The van der Waals surface area contributed by atoms with Crippen LogP contribution in [-0.2, 0) is 16.0 Å². The van der Waals surface area contributed by atoms with Crippen molar-refractivity contribution in [1.29, 1.82) is 0 Å². The van der Waals surface area contributed by atoms with E-state index in [4.69, 9.17) is 9.47 Å². The van der Waals surface area contributed by atoms with Gasteiger partial charge in [-0.15, -0.1) is 0 Å².